The molecule has 2 aliphatic rings. The summed E-state index contributed by atoms with van der Waals surface area (Å²) in [6.07, 6.45) is 5.53. The molecule has 3 rings (SSSR count). The number of rotatable bonds is 6. The summed E-state index contributed by atoms with van der Waals surface area (Å²) in [5.74, 6) is -0.635. The Morgan fingerprint density at radius 2 is 2.08 bits per heavy atom. The molecule has 1 aliphatic heterocycles. The topological polar surface area (TPSA) is 69.7 Å². The van der Waals surface area contributed by atoms with Crippen LogP contribution in [-0.4, -0.2) is 47.3 Å². The number of carbonyl (C=O) groups excluding carboxylic acids is 3. The van der Waals surface area contributed by atoms with E-state index in [-0.39, 0.29) is 18.4 Å². The molecule has 1 aromatic rings. The van der Waals surface area contributed by atoms with Gasteiger partial charge < -0.3 is 10.2 Å². The fraction of sp³-hybridized carbons (Fsp3) is 0.389. The zero-order chi connectivity index (χ0) is 18.0. The summed E-state index contributed by atoms with van der Waals surface area (Å²) in [6, 6.07) is 1.40. The number of nitrogens with zero attached hydrogens (tertiary/aromatic N) is 2. The van der Waals surface area contributed by atoms with Crippen LogP contribution in [0.5, 0.6) is 0 Å². The highest BCUT2D eigenvalue weighted by Gasteiger charge is 2.54. The van der Waals surface area contributed by atoms with E-state index < -0.39 is 11.6 Å². The third-order valence-corrected chi connectivity index (χ3v) is 5.66. The fourth-order valence-electron chi connectivity index (χ4n) is 3.51. The number of carbonyl (C=O) groups is 3. The Kier molecular flexibility index (Phi) is 4.76. The van der Waals surface area contributed by atoms with Crippen LogP contribution in [0.4, 0.5) is 4.79 Å². The zero-order valence-electron chi connectivity index (χ0n) is 14.0. The van der Waals surface area contributed by atoms with E-state index in [0.29, 0.717) is 19.5 Å². The predicted octanol–water partition coefficient (Wildman–Crippen LogP) is 2.03. The van der Waals surface area contributed by atoms with E-state index in [1.807, 2.05) is 11.4 Å². The highest BCUT2D eigenvalue weighted by Crippen LogP contribution is 2.42. The summed E-state index contributed by atoms with van der Waals surface area (Å²) in [6.45, 7) is 7.67. The lowest BCUT2D eigenvalue weighted by atomic mass is 9.80. The predicted molar refractivity (Wildman–Crippen MR) is 96.2 cm³/mol. The number of hydrogen-bond donors (Lipinski definition) is 1. The van der Waals surface area contributed by atoms with Gasteiger partial charge in [0.1, 0.15) is 12.1 Å². The van der Waals surface area contributed by atoms with E-state index in [1.54, 1.807) is 23.5 Å². The second-order valence-electron chi connectivity index (χ2n) is 6.21. The van der Waals surface area contributed by atoms with Crippen molar-refractivity contribution in [3.63, 3.8) is 0 Å². The first-order valence-corrected chi connectivity index (χ1v) is 9.12. The monoisotopic (exact) mass is 359 g/mol. The van der Waals surface area contributed by atoms with Crippen LogP contribution in [0.1, 0.15) is 23.3 Å². The molecule has 0 saturated carbocycles. The Balaban J connectivity index is 1.82. The van der Waals surface area contributed by atoms with Crippen molar-refractivity contribution in [3.8, 4) is 0 Å². The van der Waals surface area contributed by atoms with Crippen molar-refractivity contribution in [2.45, 2.75) is 24.8 Å². The summed E-state index contributed by atoms with van der Waals surface area (Å²) in [5, 5.41) is 4.80. The number of fused-ring (bicyclic) bond motifs is 2. The molecule has 0 bridgehead atoms. The molecule has 1 N–H and O–H groups in total. The van der Waals surface area contributed by atoms with Crippen molar-refractivity contribution in [2.24, 2.45) is 0 Å². The standard InChI is InChI=1S/C18H21N3O3S/c1-3-9-20(10-4-2)15(22)12-21-16(23)18(19-17(21)24)8-5-6-14-13(18)7-11-25-14/h3-4,7,11H,1-2,5-6,8-10,12H2,(H,19,24). The van der Waals surface area contributed by atoms with E-state index in [0.717, 1.165) is 28.2 Å². The maximum atomic E-state index is 13.1. The Labute approximate surface area is 150 Å². The molecule has 1 spiro atoms. The first-order chi connectivity index (χ1) is 12.0. The third-order valence-electron chi connectivity index (χ3n) is 4.68. The van der Waals surface area contributed by atoms with Gasteiger partial charge in [0.05, 0.1) is 0 Å². The lowest BCUT2D eigenvalue weighted by Crippen LogP contribution is -2.47. The van der Waals surface area contributed by atoms with Gasteiger partial charge in [-0.15, -0.1) is 24.5 Å². The Bertz CT molecular complexity index is 732. The molecular formula is C18H21N3O3S. The van der Waals surface area contributed by atoms with Gasteiger partial charge in [-0.2, -0.15) is 0 Å². The van der Waals surface area contributed by atoms with Gasteiger partial charge in [-0.3, -0.25) is 14.5 Å². The van der Waals surface area contributed by atoms with E-state index in [9.17, 15) is 14.4 Å². The minimum atomic E-state index is -1.01. The van der Waals surface area contributed by atoms with E-state index in [4.69, 9.17) is 0 Å². The molecule has 0 aromatic carbocycles. The van der Waals surface area contributed by atoms with Crippen molar-refractivity contribution in [1.29, 1.82) is 0 Å². The average Bonchev–Trinajstić information content (AvgIpc) is 3.15. The molecule has 1 unspecified atom stereocenters. The van der Waals surface area contributed by atoms with Gasteiger partial charge in [0, 0.05) is 23.5 Å². The maximum absolute atomic E-state index is 13.1. The van der Waals surface area contributed by atoms with Gasteiger partial charge in [-0.05, 0) is 30.7 Å². The Morgan fingerprint density at radius 3 is 2.76 bits per heavy atom. The van der Waals surface area contributed by atoms with Gasteiger partial charge in [0.25, 0.3) is 5.91 Å². The highest BCUT2D eigenvalue weighted by atomic mass is 32.1. The third kappa shape index (κ3) is 2.89. The second-order valence-corrected chi connectivity index (χ2v) is 7.21. The van der Waals surface area contributed by atoms with E-state index in [1.165, 1.54) is 4.90 Å². The number of imide groups is 1. The quantitative estimate of drug-likeness (QED) is 0.624. The van der Waals surface area contributed by atoms with Crippen LogP contribution in [0.15, 0.2) is 36.8 Å². The van der Waals surface area contributed by atoms with Crippen molar-refractivity contribution in [3.05, 3.63) is 47.2 Å². The Morgan fingerprint density at radius 1 is 1.36 bits per heavy atom. The minimum absolute atomic E-state index is 0.270. The van der Waals surface area contributed by atoms with Gasteiger partial charge in [0.15, 0.2) is 0 Å². The minimum Gasteiger partial charge on any atom is -0.334 e. The van der Waals surface area contributed by atoms with Gasteiger partial charge in [-0.1, -0.05) is 12.2 Å². The van der Waals surface area contributed by atoms with Gasteiger partial charge in [-0.25, -0.2) is 4.79 Å². The summed E-state index contributed by atoms with van der Waals surface area (Å²) in [4.78, 5) is 41.7. The maximum Gasteiger partial charge on any atom is 0.325 e. The lowest BCUT2D eigenvalue weighted by Gasteiger charge is -2.31. The fourth-order valence-corrected chi connectivity index (χ4v) is 4.51. The van der Waals surface area contributed by atoms with Gasteiger partial charge >= 0.3 is 6.03 Å². The van der Waals surface area contributed by atoms with Crippen LogP contribution >= 0.6 is 11.3 Å². The lowest BCUT2D eigenvalue weighted by molar-refractivity contribution is -0.139. The average molecular weight is 359 g/mol. The van der Waals surface area contributed by atoms with Crippen LogP contribution in [-0.2, 0) is 21.5 Å². The Hall–Kier alpha value is -2.41. The molecule has 25 heavy (non-hydrogen) atoms. The van der Waals surface area contributed by atoms with Crippen LogP contribution in [0.25, 0.3) is 0 Å². The molecule has 1 fully saturated rings. The molecule has 6 nitrogen and oxygen atoms in total. The molecule has 2 heterocycles. The van der Waals surface area contributed by atoms with E-state index >= 15 is 0 Å². The van der Waals surface area contributed by atoms with Crippen molar-refractivity contribution >= 4 is 29.2 Å². The first-order valence-electron chi connectivity index (χ1n) is 8.24. The number of hydrogen-bond acceptors (Lipinski definition) is 4. The number of urea groups is 1. The number of amides is 4. The molecule has 1 saturated heterocycles. The SMILES string of the molecule is C=CCN(CC=C)C(=O)CN1C(=O)NC2(CCCc3sccc32)C1=O. The van der Waals surface area contributed by atoms with Crippen molar-refractivity contribution in [1.82, 2.24) is 15.1 Å². The van der Waals surface area contributed by atoms with Crippen molar-refractivity contribution in [2.75, 3.05) is 19.6 Å². The highest BCUT2D eigenvalue weighted by molar-refractivity contribution is 7.10. The number of aryl methyl sites for hydroxylation is 1. The summed E-state index contributed by atoms with van der Waals surface area (Å²) in [7, 11) is 0. The second kappa shape index (κ2) is 6.84. The molecule has 1 aromatic heterocycles. The first kappa shape index (κ1) is 17.4. The summed E-state index contributed by atoms with van der Waals surface area (Å²) in [5.41, 5.74) is -0.127. The van der Waals surface area contributed by atoms with Crippen LogP contribution in [0.3, 0.4) is 0 Å². The molecule has 7 heteroatoms. The van der Waals surface area contributed by atoms with E-state index in [2.05, 4.69) is 18.5 Å². The number of thiophene rings is 1. The molecule has 0 radical (unpaired) electrons. The molecule has 1 aliphatic carbocycles. The summed E-state index contributed by atoms with van der Waals surface area (Å²) < 4.78 is 0. The molecular weight excluding hydrogens is 338 g/mol. The van der Waals surface area contributed by atoms with Gasteiger partial charge in [0.2, 0.25) is 5.91 Å². The van der Waals surface area contributed by atoms with Crippen LogP contribution < -0.4 is 5.32 Å². The van der Waals surface area contributed by atoms with Crippen molar-refractivity contribution < 1.29 is 14.4 Å². The molecule has 132 valence electrons. The smallest absolute Gasteiger partial charge is 0.325 e. The van der Waals surface area contributed by atoms with Crippen LogP contribution in [0, 0.1) is 0 Å². The van der Waals surface area contributed by atoms with Crippen LogP contribution in [0.2, 0.25) is 0 Å². The molecule has 1 atom stereocenters. The normalized spacial score (nSPS) is 21.8. The zero-order valence-corrected chi connectivity index (χ0v) is 14.8. The molecule has 4 amide bonds. The summed E-state index contributed by atoms with van der Waals surface area (Å²) >= 11 is 1.60. The largest absolute Gasteiger partial charge is 0.334 e. The number of nitrogens with one attached hydrogen (secondary N) is 1.